The second-order valence-electron chi connectivity index (χ2n) is 6.03. The average molecular weight is 424 g/mol. The maximum absolute atomic E-state index is 12.6. The fourth-order valence-corrected chi connectivity index (χ4v) is 2.83. The van der Waals surface area contributed by atoms with Crippen LogP contribution in [0.15, 0.2) is 61.4 Å². The summed E-state index contributed by atoms with van der Waals surface area (Å²) in [5.41, 5.74) is 2.05. The lowest BCUT2D eigenvalue weighted by molar-refractivity contribution is -0.115. The van der Waals surface area contributed by atoms with Gasteiger partial charge in [0, 0.05) is 10.7 Å². The van der Waals surface area contributed by atoms with Crippen molar-refractivity contribution in [3.8, 4) is 11.4 Å². The number of hydrogen-bond acceptors (Lipinski definition) is 7. The molecule has 0 aliphatic heterocycles. The van der Waals surface area contributed by atoms with E-state index in [9.17, 15) is 9.59 Å². The van der Waals surface area contributed by atoms with Crippen molar-refractivity contribution in [2.75, 3.05) is 11.9 Å². The molecule has 150 valence electrons. The summed E-state index contributed by atoms with van der Waals surface area (Å²) in [6.45, 7) is -0.231. The summed E-state index contributed by atoms with van der Waals surface area (Å²) in [6.07, 6.45) is 4.36. The van der Waals surface area contributed by atoms with Crippen LogP contribution in [-0.4, -0.2) is 53.3 Å². The molecule has 2 aromatic carbocycles. The number of rotatable bonds is 6. The third-order valence-corrected chi connectivity index (χ3v) is 4.28. The number of hydrogen-bond donors (Lipinski definition) is 2. The largest absolute Gasteiger partial charge is 0.343 e. The molecule has 0 fully saturated rings. The topological polar surface area (TPSA) is 133 Å². The minimum atomic E-state index is -0.486. The predicted molar refractivity (Wildman–Crippen MR) is 106 cm³/mol. The standard InChI is InChI=1S/C18H14ClN9O2/c19-12-1-6-16(28-11-22-25-26-28)15(7-12)18(30)21-8-17(29)24-13-2-4-14(5-3-13)27-10-20-9-23-27/h1-7,9-11H,8H2,(H,21,30)(H,24,29). The Morgan fingerprint density at radius 3 is 2.57 bits per heavy atom. The Morgan fingerprint density at radius 2 is 1.87 bits per heavy atom. The van der Waals surface area contributed by atoms with E-state index in [1.165, 1.54) is 23.4 Å². The van der Waals surface area contributed by atoms with Crippen LogP contribution >= 0.6 is 11.6 Å². The van der Waals surface area contributed by atoms with E-state index in [0.717, 1.165) is 5.69 Å². The molecule has 11 nitrogen and oxygen atoms in total. The van der Waals surface area contributed by atoms with Gasteiger partial charge in [0.15, 0.2) is 0 Å². The summed E-state index contributed by atoms with van der Waals surface area (Å²) in [5.74, 6) is -0.873. The quantitative estimate of drug-likeness (QED) is 0.477. The molecule has 30 heavy (non-hydrogen) atoms. The highest BCUT2D eigenvalue weighted by Gasteiger charge is 2.15. The van der Waals surface area contributed by atoms with Crippen LogP contribution in [0.1, 0.15) is 10.4 Å². The molecule has 0 spiro atoms. The van der Waals surface area contributed by atoms with Crippen molar-refractivity contribution in [3.05, 3.63) is 72.0 Å². The van der Waals surface area contributed by atoms with Gasteiger partial charge in [0.05, 0.1) is 23.5 Å². The van der Waals surface area contributed by atoms with Crippen molar-refractivity contribution in [3.63, 3.8) is 0 Å². The number of tetrazole rings is 1. The van der Waals surface area contributed by atoms with Gasteiger partial charge in [-0.15, -0.1) is 5.10 Å². The van der Waals surface area contributed by atoms with E-state index in [0.29, 0.717) is 16.4 Å². The molecule has 0 atom stereocenters. The second kappa shape index (κ2) is 8.49. The molecule has 0 saturated carbocycles. The summed E-state index contributed by atoms with van der Waals surface area (Å²) in [7, 11) is 0. The van der Waals surface area contributed by atoms with Crippen molar-refractivity contribution in [1.29, 1.82) is 0 Å². The monoisotopic (exact) mass is 423 g/mol. The lowest BCUT2D eigenvalue weighted by Gasteiger charge is -2.11. The first kappa shape index (κ1) is 19.2. The predicted octanol–water partition coefficient (Wildman–Crippen LogP) is 1.26. The van der Waals surface area contributed by atoms with Crippen LogP contribution in [0.3, 0.4) is 0 Å². The first-order chi connectivity index (χ1) is 14.6. The fraction of sp³-hybridized carbons (Fsp3) is 0.0556. The Labute approximate surface area is 174 Å². The van der Waals surface area contributed by atoms with E-state index < -0.39 is 5.91 Å². The Balaban J connectivity index is 1.38. The number of nitrogens with one attached hydrogen (secondary N) is 2. The van der Waals surface area contributed by atoms with Gasteiger partial charge in [-0.1, -0.05) is 11.6 Å². The zero-order chi connectivity index (χ0) is 20.9. The van der Waals surface area contributed by atoms with Gasteiger partial charge in [0.1, 0.15) is 19.0 Å². The van der Waals surface area contributed by atoms with Crippen molar-refractivity contribution in [2.45, 2.75) is 0 Å². The van der Waals surface area contributed by atoms with Gasteiger partial charge in [-0.25, -0.2) is 9.67 Å². The highest BCUT2D eigenvalue weighted by atomic mass is 35.5. The van der Waals surface area contributed by atoms with Crippen molar-refractivity contribution < 1.29 is 9.59 Å². The zero-order valence-electron chi connectivity index (χ0n) is 15.3. The molecule has 2 N–H and O–H groups in total. The summed E-state index contributed by atoms with van der Waals surface area (Å²) < 4.78 is 2.93. The van der Waals surface area contributed by atoms with E-state index in [4.69, 9.17) is 11.6 Å². The van der Waals surface area contributed by atoms with Gasteiger partial charge < -0.3 is 10.6 Å². The van der Waals surface area contributed by atoms with Crippen molar-refractivity contribution in [1.82, 2.24) is 40.3 Å². The zero-order valence-corrected chi connectivity index (χ0v) is 16.1. The van der Waals surface area contributed by atoms with E-state index >= 15 is 0 Å². The van der Waals surface area contributed by atoms with Crippen molar-refractivity contribution in [2.24, 2.45) is 0 Å². The number of anilines is 1. The number of carbonyl (C=O) groups excluding carboxylic acids is 2. The number of carbonyl (C=O) groups is 2. The van der Waals surface area contributed by atoms with Crippen LogP contribution in [0.2, 0.25) is 5.02 Å². The third-order valence-electron chi connectivity index (χ3n) is 4.04. The van der Waals surface area contributed by atoms with E-state index in [1.807, 2.05) is 0 Å². The van der Waals surface area contributed by atoms with Crippen LogP contribution in [0.4, 0.5) is 5.69 Å². The Morgan fingerprint density at radius 1 is 1.03 bits per heavy atom. The number of halogens is 1. The summed E-state index contributed by atoms with van der Waals surface area (Å²) >= 11 is 6.01. The van der Waals surface area contributed by atoms with E-state index in [-0.39, 0.29) is 18.0 Å². The molecule has 0 saturated heterocycles. The Hall–Kier alpha value is -4.12. The van der Waals surface area contributed by atoms with Gasteiger partial charge >= 0.3 is 0 Å². The maximum Gasteiger partial charge on any atom is 0.253 e. The molecule has 0 radical (unpaired) electrons. The fourth-order valence-electron chi connectivity index (χ4n) is 2.66. The van der Waals surface area contributed by atoms with Crippen LogP contribution in [0.25, 0.3) is 11.4 Å². The molecular formula is C18H14ClN9O2. The molecular weight excluding hydrogens is 410 g/mol. The van der Waals surface area contributed by atoms with E-state index in [1.54, 1.807) is 47.4 Å². The molecule has 0 aliphatic carbocycles. The lowest BCUT2D eigenvalue weighted by atomic mass is 10.1. The average Bonchev–Trinajstić information content (AvgIpc) is 3.47. The van der Waals surface area contributed by atoms with Gasteiger partial charge in [0.2, 0.25) is 5.91 Å². The second-order valence-corrected chi connectivity index (χ2v) is 6.47. The smallest absolute Gasteiger partial charge is 0.253 e. The first-order valence-corrected chi connectivity index (χ1v) is 9.04. The van der Waals surface area contributed by atoms with Gasteiger partial charge in [-0.2, -0.15) is 9.78 Å². The molecule has 0 aliphatic rings. The van der Waals surface area contributed by atoms with Crippen LogP contribution in [-0.2, 0) is 4.79 Å². The Bertz CT molecular complexity index is 1160. The lowest BCUT2D eigenvalue weighted by Crippen LogP contribution is -2.33. The third kappa shape index (κ3) is 4.31. The SMILES string of the molecule is O=C(CNC(=O)c1cc(Cl)ccc1-n1cnnn1)Nc1ccc(-n2cncn2)cc1. The van der Waals surface area contributed by atoms with Gasteiger partial charge in [-0.05, 0) is 52.9 Å². The number of amides is 2. The molecule has 4 rings (SSSR count). The molecule has 2 aromatic heterocycles. The minimum Gasteiger partial charge on any atom is -0.343 e. The highest BCUT2D eigenvalue weighted by Crippen LogP contribution is 2.19. The van der Waals surface area contributed by atoms with Crippen LogP contribution in [0, 0.1) is 0 Å². The summed E-state index contributed by atoms with van der Waals surface area (Å²) in [5, 5.41) is 20.6. The number of aromatic nitrogens is 7. The highest BCUT2D eigenvalue weighted by molar-refractivity contribution is 6.31. The molecule has 12 heteroatoms. The number of nitrogens with zero attached hydrogens (tertiary/aromatic N) is 7. The van der Waals surface area contributed by atoms with E-state index in [2.05, 4.69) is 36.2 Å². The molecule has 4 aromatic rings. The summed E-state index contributed by atoms with van der Waals surface area (Å²) in [4.78, 5) is 28.7. The van der Waals surface area contributed by atoms with Crippen LogP contribution in [0.5, 0.6) is 0 Å². The van der Waals surface area contributed by atoms with Gasteiger partial charge in [-0.3, -0.25) is 9.59 Å². The number of benzene rings is 2. The molecule has 0 unspecified atom stereocenters. The molecule has 2 amide bonds. The molecule has 0 bridgehead atoms. The maximum atomic E-state index is 12.6. The summed E-state index contributed by atoms with van der Waals surface area (Å²) in [6, 6.07) is 11.7. The normalized spacial score (nSPS) is 10.6. The Kier molecular flexibility index (Phi) is 5.44. The molecule has 2 heterocycles. The van der Waals surface area contributed by atoms with Gasteiger partial charge in [0.25, 0.3) is 5.91 Å². The van der Waals surface area contributed by atoms with Crippen molar-refractivity contribution >= 4 is 29.1 Å². The van der Waals surface area contributed by atoms with Crippen LogP contribution < -0.4 is 10.6 Å². The minimum absolute atomic E-state index is 0.231. The first-order valence-electron chi connectivity index (χ1n) is 8.66.